The quantitative estimate of drug-likeness (QED) is 0.437. The molecule has 4 heteroatoms. The molecule has 0 atom stereocenters. The number of nitrogens with one attached hydrogen (secondary N) is 1. The fourth-order valence-corrected chi connectivity index (χ4v) is 1.18. The summed E-state index contributed by atoms with van der Waals surface area (Å²) in [5.74, 6) is 5.43. The summed E-state index contributed by atoms with van der Waals surface area (Å²) in [5, 5.41) is 3.62. The molecule has 0 aromatic heterocycles. The van der Waals surface area contributed by atoms with Crippen molar-refractivity contribution in [1.82, 2.24) is 10.3 Å². The van der Waals surface area contributed by atoms with Crippen molar-refractivity contribution in [2.45, 2.75) is 20.8 Å². The molecule has 0 radical (unpaired) electrons. The summed E-state index contributed by atoms with van der Waals surface area (Å²) in [6, 6.07) is -0.349. The van der Waals surface area contributed by atoms with E-state index in [2.05, 4.69) is 11.9 Å². The normalized spacial score (nSPS) is 18.5. The first kappa shape index (κ1) is 9.80. The van der Waals surface area contributed by atoms with Crippen LogP contribution in [0.4, 0.5) is 4.79 Å². The lowest BCUT2D eigenvalue weighted by molar-refractivity contribution is 0.215. The molecular weight excluding hydrogens is 166 g/mol. The lowest BCUT2D eigenvalue weighted by Gasteiger charge is -2.31. The van der Waals surface area contributed by atoms with Gasteiger partial charge in [0, 0.05) is 11.9 Å². The number of allylic oxidation sites excluding steroid dienone is 1. The monoisotopic (exact) mass is 181 g/mol. The number of hydrogen-bond donors (Lipinski definition) is 2. The highest BCUT2D eigenvalue weighted by Crippen LogP contribution is 2.30. The van der Waals surface area contributed by atoms with Crippen molar-refractivity contribution in [2.75, 3.05) is 0 Å². The molecule has 0 aromatic carbocycles. The van der Waals surface area contributed by atoms with E-state index >= 15 is 0 Å². The Kier molecular flexibility index (Phi) is 2.17. The van der Waals surface area contributed by atoms with Crippen LogP contribution in [0.15, 0.2) is 24.0 Å². The van der Waals surface area contributed by atoms with E-state index in [-0.39, 0.29) is 11.4 Å². The van der Waals surface area contributed by atoms with E-state index in [1.807, 2.05) is 20.8 Å². The molecule has 1 aliphatic rings. The van der Waals surface area contributed by atoms with E-state index < -0.39 is 0 Å². The maximum Gasteiger partial charge on any atom is 0.340 e. The van der Waals surface area contributed by atoms with Crippen molar-refractivity contribution < 1.29 is 4.79 Å². The fourth-order valence-electron chi connectivity index (χ4n) is 1.18. The molecule has 4 nitrogen and oxygen atoms in total. The summed E-state index contributed by atoms with van der Waals surface area (Å²) in [7, 11) is 0. The molecule has 13 heavy (non-hydrogen) atoms. The first-order valence-electron chi connectivity index (χ1n) is 4.09. The maximum atomic E-state index is 11.1. The zero-order chi connectivity index (χ0) is 10.2. The first-order chi connectivity index (χ1) is 5.82. The predicted octanol–water partition coefficient (Wildman–Crippen LogP) is 1.33. The molecule has 0 saturated heterocycles. The Labute approximate surface area is 78.1 Å². The second-order valence-corrected chi connectivity index (χ2v) is 4.11. The van der Waals surface area contributed by atoms with Gasteiger partial charge in [-0.1, -0.05) is 27.4 Å². The molecule has 0 fully saturated rings. The van der Waals surface area contributed by atoms with Crippen molar-refractivity contribution in [3.8, 4) is 0 Å². The molecule has 0 bridgehead atoms. The average Bonchev–Trinajstić information content (AvgIpc) is 1.94. The average molecular weight is 181 g/mol. The van der Waals surface area contributed by atoms with E-state index in [0.29, 0.717) is 5.70 Å². The molecule has 1 heterocycles. The van der Waals surface area contributed by atoms with Crippen molar-refractivity contribution in [2.24, 2.45) is 11.3 Å². The minimum atomic E-state index is -0.349. The molecule has 0 spiro atoms. The third kappa shape index (κ3) is 1.89. The number of nitrogens with zero attached hydrogens (tertiary/aromatic N) is 1. The second kappa shape index (κ2) is 2.88. The molecule has 0 saturated carbocycles. The van der Waals surface area contributed by atoms with Gasteiger partial charge < -0.3 is 5.32 Å². The Morgan fingerprint density at radius 3 is 2.54 bits per heavy atom. The minimum Gasteiger partial charge on any atom is -0.307 e. The van der Waals surface area contributed by atoms with Gasteiger partial charge >= 0.3 is 6.03 Å². The molecule has 1 rings (SSSR count). The number of carbonyl (C=O) groups excluding carboxylic acids is 1. The van der Waals surface area contributed by atoms with E-state index in [4.69, 9.17) is 5.84 Å². The number of nitrogens with two attached hydrogens (primary N) is 1. The Balaban J connectivity index is 3.04. The molecular formula is C9H15N3O. The summed E-state index contributed by atoms with van der Waals surface area (Å²) in [5.41, 5.74) is 1.50. The molecule has 0 unspecified atom stereocenters. The Hall–Kier alpha value is -1.29. The first-order valence-corrected chi connectivity index (χ1v) is 4.09. The highest BCUT2D eigenvalue weighted by molar-refractivity contribution is 5.79. The molecule has 72 valence electrons. The lowest BCUT2D eigenvalue weighted by atomic mass is 9.85. The topological polar surface area (TPSA) is 58.4 Å². The SMILES string of the molecule is C=C1NC(=O)N(N)C=C1C(C)(C)C. The van der Waals surface area contributed by atoms with Crippen molar-refractivity contribution in [3.05, 3.63) is 24.0 Å². The van der Waals surface area contributed by atoms with Crippen molar-refractivity contribution in [3.63, 3.8) is 0 Å². The highest BCUT2D eigenvalue weighted by atomic mass is 16.2. The number of carbonyl (C=O) groups is 1. The van der Waals surface area contributed by atoms with E-state index in [1.54, 1.807) is 6.20 Å². The molecule has 1 aliphatic heterocycles. The van der Waals surface area contributed by atoms with Crippen LogP contribution in [-0.2, 0) is 0 Å². The zero-order valence-electron chi connectivity index (χ0n) is 8.22. The van der Waals surface area contributed by atoms with E-state index in [0.717, 1.165) is 10.6 Å². The van der Waals surface area contributed by atoms with Gasteiger partial charge in [0.05, 0.1) is 0 Å². The standard InChI is InChI=1S/C9H15N3O/c1-6-7(9(2,3)4)5-12(10)8(13)11-6/h5H,1,10H2,2-4H3,(H,11,13). The molecule has 2 amide bonds. The van der Waals surface area contributed by atoms with Gasteiger partial charge in [0.15, 0.2) is 0 Å². The number of hydrazine groups is 1. The predicted molar refractivity (Wildman–Crippen MR) is 51.2 cm³/mol. The lowest BCUT2D eigenvalue weighted by Crippen LogP contribution is -2.45. The summed E-state index contributed by atoms with van der Waals surface area (Å²) in [6.45, 7) is 9.88. The molecule has 3 N–H and O–H groups in total. The Bertz CT molecular complexity index is 286. The number of amides is 2. The second-order valence-electron chi connectivity index (χ2n) is 4.11. The molecule has 0 aliphatic carbocycles. The fraction of sp³-hybridized carbons (Fsp3) is 0.444. The van der Waals surface area contributed by atoms with Gasteiger partial charge in [-0.3, -0.25) is 0 Å². The Morgan fingerprint density at radius 1 is 1.54 bits per heavy atom. The maximum absolute atomic E-state index is 11.1. The van der Waals surface area contributed by atoms with Crippen LogP contribution < -0.4 is 11.2 Å². The third-order valence-electron chi connectivity index (χ3n) is 1.89. The van der Waals surface area contributed by atoms with Gasteiger partial charge in [-0.25, -0.2) is 15.6 Å². The van der Waals surface area contributed by atoms with Crippen LogP contribution in [0.3, 0.4) is 0 Å². The van der Waals surface area contributed by atoms with Gasteiger partial charge in [0.25, 0.3) is 0 Å². The van der Waals surface area contributed by atoms with Crippen molar-refractivity contribution in [1.29, 1.82) is 0 Å². The third-order valence-corrected chi connectivity index (χ3v) is 1.89. The highest BCUT2D eigenvalue weighted by Gasteiger charge is 2.26. The van der Waals surface area contributed by atoms with E-state index in [1.165, 1.54) is 0 Å². The Morgan fingerprint density at radius 2 is 2.08 bits per heavy atom. The van der Waals surface area contributed by atoms with Gasteiger partial charge in [-0.2, -0.15) is 0 Å². The summed E-state index contributed by atoms with van der Waals surface area (Å²) >= 11 is 0. The van der Waals surface area contributed by atoms with Crippen LogP contribution in [0.1, 0.15) is 20.8 Å². The number of hydrogen-bond acceptors (Lipinski definition) is 2. The zero-order valence-corrected chi connectivity index (χ0v) is 8.22. The van der Waals surface area contributed by atoms with Gasteiger partial charge in [-0.15, -0.1) is 0 Å². The van der Waals surface area contributed by atoms with Gasteiger partial charge in [-0.05, 0) is 11.0 Å². The summed E-state index contributed by atoms with van der Waals surface area (Å²) in [4.78, 5) is 11.1. The van der Waals surface area contributed by atoms with Crippen LogP contribution in [0.2, 0.25) is 0 Å². The minimum absolute atomic E-state index is 0.0671. The number of urea groups is 1. The van der Waals surface area contributed by atoms with Crippen LogP contribution in [0, 0.1) is 5.41 Å². The van der Waals surface area contributed by atoms with Crippen LogP contribution >= 0.6 is 0 Å². The van der Waals surface area contributed by atoms with Crippen molar-refractivity contribution >= 4 is 6.03 Å². The molecule has 0 aromatic rings. The smallest absolute Gasteiger partial charge is 0.307 e. The van der Waals surface area contributed by atoms with Crippen LogP contribution in [0.5, 0.6) is 0 Å². The van der Waals surface area contributed by atoms with Gasteiger partial charge in [0.2, 0.25) is 0 Å². The van der Waals surface area contributed by atoms with Gasteiger partial charge in [0.1, 0.15) is 0 Å². The van der Waals surface area contributed by atoms with E-state index in [9.17, 15) is 4.79 Å². The van der Waals surface area contributed by atoms with Crippen LogP contribution in [-0.4, -0.2) is 11.0 Å². The number of rotatable bonds is 0. The summed E-state index contributed by atoms with van der Waals surface area (Å²) in [6.07, 6.45) is 1.61. The summed E-state index contributed by atoms with van der Waals surface area (Å²) < 4.78 is 0. The largest absolute Gasteiger partial charge is 0.340 e. The van der Waals surface area contributed by atoms with Crippen LogP contribution in [0.25, 0.3) is 0 Å².